The van der Waals surface area contributed by atoms with E-state index in [4.69, 9.17) is 16.2 Å². The quantitative estimate of drug-likeness (QED) is 0.514. The lowest BCUT2D eigenvalue weighted by Gasteiger charge is -2.05. The summed E-state index contributed by atoms with van der Waals surface area (Å²) >= 11 is 0. The van der Waals surface area contributed by atoms with E-state index in [0.29, 0.717) is 22.5 Å². The average Bonchev–Trinajstić information content (AvgIpc) is 2.42. The molecule has 0 fully saturated rings. The Morgan fingerprint density at radius 2 is 1.86 bits per heavy atom. The van der Waals surface area contributed by atoms with Crippen molar-refractivity contribution in [1.82, 2.24) is 0 Å². The van der Waals surface area contributed by atoms with Crippen LogP contribution in [0.5, 0.6) is 0 Å². The topological polar surface area (TPSA) is 78.3 Å². The summed E-state index contributed by atoms with van der Waals surface area (Å²) in [5.41, 5.74) is 13.6. The number of benzene rings is 2. The summed E-state index contributed by atoms with van der Waals surface area (Å²) in [7, 11) is 0. The Bertz CT molecular complexity index is 663. The van der Waals surface area contributed by atoms with E-state index in [2.05, 4.69) is 0 Å². The number of rotatable bonds is 4. The first-order chi connectivity index (χ1) is 10.0. The van der Waals surface area contributed by atoms with Crippen molar-refractivity contribution in [2.24, 2.45) is 0 Å². The van der Waals surface area contributed by atoms with E-state index in [-0.39, 0.29) is 12.4 Å². The summed E-state index contributed by atoms with van der Waals surface area (Å²) < 4.78 is 18.0. The maximum absolute atomic E-state index is 13.0. The molecule has 0 amide bonds. The first kappa shape index (κ1) is 14.6. The van der Waals surface area contributed by atoms with Gasteiger partial charge in [-0.25, -0.2) is 9.18 Å². The summed E-state index contributed by atoms with van der Waals surface area (Å²) in [6.07, 6.45) is 2.73. The fourth-order valence-corrected chi connectivity index (χ4v) is 1.81. The first-order valence-corrected chi connectivity index (χ1v) is 6.28. The lowest BCUT2D eigenvalue weighted by Crippen LogP contribution is -2.02. The minimum Gasteiger partial charge on any atom is -0.458 e. The van der Waals surface area contributed by atoms with Crippen molar-refractivity contribution >= 4 is 23.4 Å². The van der Waals surface area contributed by atoms with Gasteiger partial charge in [-0.2, -0.15) is 0 Å². The Balaban J connectivity index is 1.93. The zero-order chi connectivity index (χ0) is 15.2. The molecule has 21 heavy (non-hydrogen) atoms. The Labute approximate surface area is 121 Å². The van der Waals surface area contributed by atoms with Crippen LogP contribution >= 0.6 is 0 Å². The molecule has 0 saturated carbocycles. The van der Waals surface area contributed by atoms with Crippen LogP contribution < -0.4 is 11.5 Å². The van der Waals surface area contributed by atoms with Gasteiger partial charge < -0.3 is 16.2 Å². The predicted octanol–water partition coefficient (Wildman–Crippen LogP) is 2.75. The Morgan fingerprint density at radius 3 is 2.52 bits per heavy atom. The minimum absolute atomic E-state index is 0.0710. The van der Waals surface area contributed by atoms with Gasteiger partial charge in [-0.1, -0.05) is 12.1 Å². The number of nitrogen functional groups attached to an aromatic ring is 2. The van der Waals surface area contributed by atoms with Crippen LogP contribution in [0.15, 0.2) is 48.5 Å². The van der Waals surface area contributed by atoms with Crippen molar-refractivity contribution in [2.45, 2.75) is 6.61 Å². The SMILES string of the molecule is Nc1cc(N)cc(COC(=O)C=Cc2cccc(F)c2)c1. The van der Waals surface area contributed by atoms with Gasteiger partial charge >= 0.3 is 5.97 Å². The molecule has 108 valence electrons. The Morgan fingerprint density at radius 1 is 1.14 bits per heavy atom. The summed E-state index contributed by atoms with van der Waals surface area (Å²) in [4.78, 5) is 11.6. The van der Waals surface area contributed by atoms with Crippen molar-refractivity contribution < 1.29 is 13.9 Å². The monoisotopic (exact) mass is 286 g/mol. The molecule has 0 aliphatic heterocycles. The average molecular weight is 286 g/mol. The molecular weight excluding hydrogens is 271 g/mol. The number of carbonyl (C=O) groups excluding carboxylic acids is 1. The van der Waals surface area contributed by atoms with Gasteiger partial charge in [-0.15, -0.1) is 0 Å². The number of nitrogens with two attached hydrogens (primary N) is 2. The number of ether oxygens (including phenoxy) is 1. The van der Waals surface area contributed by atoms with Gasteiger partial charge in [-0.05, 0) is 47.5 Å². The molecule has 0 atom stereocenters. The molecule has 0 spiro atoms. The smallest absolute Gasteiger partial charge is 0.331 e. The highest BCUT2D eigenvalue weighted by molar-refractivity contribution is 5.87. The van der Waals surface area contributed by atoms with Crippen LogP contribution in [-0.2, 0) is 16.1 Å². The van der Waals surface area contributed by atoms with E-state index in [0.717, 1.165) is 0 Å². The van der Waals surface area contributed by atoms with E-state index < -0.39 is 5.97 Å². The molecule has 2 rings (SSSR count). The second-order valence-electron chi connectivity index (χ2n) is 4.50. The number of halogens is 1. The molecule has 4 N–H and O–H groups in total. The van der Waals surface area contributed by atoms with Gasteiger partial charge in [0, 0.05) is 17.5 Å². The molecule has 0 aromatic heterocycles. The van der Waals surface area contributed by atoms with Gasteiger partial charge in [0.1, 0.15) is 12.4 Å². The second kappa shape index (κ2) is 6.56. The molecule has 2 aromatic carbocycles. The highest BCUT2D eigenvalue weighted by Crippen LogP contribution is 2.14. The Hall–Kier alpha value is -2.82. The van der Waals surface area contributed by atoms with Crippen LogP contribution in [-0.4, -0.2) is 5.97 Å². The largest absolute Gasteiger partial charge is 0.458 e. The first-order valence-electron chi connectivity index (χ1n) is 6.28. The normalized spacial score (nSPS) is 10.7. The van der Waals surface area contributed by atoms with Crippen molar-refractivity contribution in [2.75, 3.05) is 11.5 Å². The fraction of sp³-hybridized carbons (Fsp3) is 0.0625. The van der Waals surface area contributed by atoms with Crippen LogP contribution in [0.25, 0.3) is 6.08 Å². The number of carbonyl (C=O) groups is 1. The summed E-state index contributed by atoms with van der Waals surface area (Å²) in [5, 5.41) is 0. The minimum atomic E-state index is -0.528. The molecule has 0 aliphatic rings. The number of anilines is 2. The van der Waals surface area contributed by atoms with Crippen LogP contribution in [0.4, 0.5) is 15.8 Å². The zero-order valence-electron chi connectivity index (χ0n) is 11.3. The molecule has 5 heteroatoms. The van der Waals surface area contributed by atoms with Crippen molar-refractivity contribution in [1.29, 1.82) is 0 Å². The fourth-order valence-electron chi connectivity index (χ4n) is 1.81. The van der Waals surface area contributed by atoms with Gasteiger partial charge in [0.05, 0.1) is 0 Å². The van der Waals surface area contributed by atoms with Crippen LogP contribution in [0.2, 0.25) is 0 Å². The number of esters is 1. The molecule has 0 unspecified atom stereocenters. The zero-order valence-corrected chi connectivity index (χ0v) is 11.3. The standard InChI is InChI=1S/C16H15FN2O2/c17-13-3-1-2-11(6-13)4-5-16(20)21-10-12-7-14(18)9-15(19)8-12/h1-9H,10,18-19H2. The van der Waals surface area contributed by atoms with Gasteiger partial charge in [0.15, 0.2) is 0 Å². The molecule has 0 aliphatic carbocycles. The maximum Gasteiger partial charge on any atom is 0.331 e. The molecule has 0 radical (unpaired) electrons. The highest BCUT2D eigenvalue weighted by Gasteiger charge is 2.01. The van der Waals surface area contributed by atoms with Crippen LogP contribution in [0, 0.1) is 5.82 Å². The molecule has 0 saturated heterocycles. The van der Waals surface area contributed by atoms with E-state index in [9.17, 15) is 9.18 Å². The maximum atomic E-state index is 13.0. The van der Waals surface area contributed by atoms with Crippen molar-refractivity contribution in [3.05, 3.63) is 65.5 Å². The summed E-state index contributed by atoms with van der Waals surface area (Å²) in [6.45, 7) is 0.0710. The molecule has 2 aromatic rings. The van der Waals surface area contributed by atoms with E-state index in [1.54, 1.807) is 30.3 Å². The van der Waals surface area contributed by atoms with E-state index in [1.165, 1.54) is 24.3 Å². The third-order valence-corrected chi connectivity index (χ3v) is 2.68. The Kier molecular flexibility index (Phi) is 4.56. The number of hydrogen-bond acceptors (Lipinski definition) is 4. The number of hydrogen-bond donors (Lipinski definition) is 2. The van der Waals surface area contributed by atoms with E-state index >= 15 is 0 Å². The second-order valence-corrected chi connectivity index (χ2v) is 4.50. The van der Waals surface area contributed by atoms with Crippen LogP contribution in [0.3, 0.4) is 0 Å². The summed E-state index contributed by atoms with van der Waals surface area (Å²) in [5.74, 6) is -0.888. The van der Waals surface area contributed by atoms with Crippen molar-refractivity contribution in [3.63, 3.8) is 0 Å². The van der Waals surface area contributed by atoms with Crippen molar-refractivity contribution in [3.8, 4) is 0 Å². The lowest BCUT2D eigenvalue weighted by atomic mass is 10.2. The molecule has 4 nitrogen and oxygen atoms in total. The predicted molar refractivity (Wildman–Crippen MR) is 80.5 cm³/mol. The van der Waals surface area contributed by atoms with Gasteiger partial charge in [0.25, 0.3) is 0 Å². The molecule has 0 heterocycles. The lowest BCUT2D eigenvalue weighted by molar-refractivity contribution is -0.138. The third kappa shape index (κ3) is 4.65. The third-order valence-electron chi connectivity index (χ3n) is 2.68. The van der Waals surface area contributed by atoms with Crippen LogP contribution in [0.1, 0.15) is 11.1 Å². The summed E-state index contributed by atoms with van der Waals surface area (Å²) in [6, 6.07) is 10.9. The van der Waals surface area contributed by atoms with Gasteiger partial charge in [0.2, 0.25) is 0 Å². The van der Waals surface area contributed by atoms with Gasteiger partial charge in [-0.3, -0.25) is 0 Å². The highest BCUT2D eigenvalue weighted by atomic mass is 19.1. The molecular formula is C16H15FN2O2. The van der Waals surface area contributed by atoms with E-state index in [1.807, 2.05) is 0 Å². The molecule has 0 bridgehead atoms.